The summed E-state index contributed by atoms with van der Waals surface area (Å²) < 4.78 is 11.3. The van der Waals surface area contributed by atoms with Gasteiger partial charge < -0.3 is 14.8 Å². The number of carbonyl (C=O) groups excluding carboxylic acids is 1. The van der Waals surface area contributed by atoms with Crippen LogP contribution in [-0.2, 0) is 9.53 Å². The van der Waals surface area contributed by atoms with Crippen LogP contribution >= 0.6 is 0 Å². The van der Waals surface area contributed by atoms with Crippen LogP contribution in [0.3, 0.4) is 0 Å². The Morgan fingerprint density at radius 3 is 2.52 bits per heavy atom. The van der Waals surface area contributed by atoms with E-state index in [0.717, 1.165) is 13.0 Å². The van der Waals surface area contributed by atoms with Crippen molar-refractivity contribution in [2.75, 3.05) is 19.8 Å². The van der Waals surface area contributed by atoms with Gasteiger partial charge in [-0.05, 0) is 24.1 Å². The van der Waals surface area contributed by atoms with E-state index < -0.39 is 0 Å². The van der Waals surface area contributed by atoms with Crippen molar-refractivity contribution in [3.63, 3.8) is 0 Å². The average molecular weight is 311 g/mol. The monoisotopic (exact) mass is 311 g/mol. The highest BCUT2D eigenvalue weighted by Gasteiger charge is 2.29. The molecule has 0 radical (unpaired) electrons. The molecule has 0 saturated carbocycles. The van der Waals surface area contributed by atoms with Gasteiger partial charge >= 0.3 is 0 Å². The van der Waals surface area contributed by atoms with E-state index in [1.165, 1.54) is 5.56 Å². The van der Waals surface area contributed by atoms with Gasteiger partial charge in [-0.25, -0.2) is 0 Å². The highest BCUT2D eigenvalue weighted by molar-refractivity contribution is 5.77. The Morgan fingerprint density at radius 1 is 1.09 bits per heavy atom. The molecule has 2 aromatic carbocycles. The molecule has 1 saturated heterocycles. The fraction of sp³-hybridized carbons (Fsp3) is 0.316. The number of nitrogens with one attached hydrogen (secondary N) is 1. The maximum absolute atomic E-state index is 11.9. The van der Waals surface area contributed by atoms with E-state index in [1.54, 1.807) is 0 Å². The number of hydrogen-bond acceptors (Lipinski definition) is 3. The van der Waals surface area contributed by atoms with E-state index in [4.69, 9.17) is 9.47 Å². The van der Waals surface area contributed by atoms with Crippen molar-refractivity contribution >= 4 is 5.91 Å². The molecule has 0 bridgehead atoms. The van der Waals surface area contributed by atoms with E-state index in [-0.39, 0.29) is 18.6 Å². The van der Waals surface area contributed by atoms with Crippen LogP contribution in [0.25, 0.3) is 0 Å². The molecule has 23 heavy (non-hydrogen) atoms. The second-order valence-corrected chi connectivity index (χ2v) is 5.66. The number of hydrogen-bond donors (Lipinski definition) is 1. The maximum atomic E-state index is 11.9. The summed E-state index contributed by atoms with van der Waals surface area (Å²) in [6, 6.07) is 19.5. The topological polar surface area (TPSA) is 47.6 Å². The Bertz CT molecular complexity index is 615. The molecule has 1 heterocycles. The molecule has 0 aliphatic carbocycles. The van der Waals surface area contributed by atoms with Crippen molar-refractivity contribution in [1.29, 1.82) is 0 Å². The van der Waals surface area contributed by atoms with Gasteiger partial charge in [-0.3, -0.25) is 4.79 Å². The number of para-hydroxylation sites is 1. The summed E-state index contributed by atoms with van der Waals surface area (Å²) in [4.78, 5) is 11.9. The summed E-state index contributed by atoms with van der Waals surface area (Å²) in [5.41, 5.74) is 1.17. The summed E-state index contributed by atoms with van der Waals surface area (Å²) in [6.45, 7) is 1.38. The molecule has 1 aliphatic heterocycles. The standard InChI is InChI=1S/C19H21NO3/c21-18(14-23-17-9-5-2-6-10-17)20-13-16-11-12-22-19(16)15-7-3-1-4-8-15/h1-10,16,19H,11-14H2,(H,20,21)/t16-,19-/m1/s1. The lowest BCUT2D eigenvalue weighted by atomic mass is 9.95. The molecule has 1 fully saturated rings. The molecule has 4 nitrogen and oxygen atoms in total. The minimum Gasteiger partial charge on any atom is -0.484 e. The fourth-order valence-electron chi connectivity index (χ4n) is 2.82. The summed E-state index contributed by atoms with van der Waals surface area (Å²) in [5.74, 6) is 0.902. The Kier molecular flexibility index (Phi) is 5.27. The Balaban J connectivity index is 1.46. The summed E-state index contributed by atoms with van der Waals surface area (Å²) >= 11 is 0. The van der Waals surface area contributed by atoms with Crippen molar-refractivity contribution in [2.24, 2.45) is 5.92 Å². The lowest BCUT2D eigenvalue weighted by Gasteiger charge is -2.19. The van der Waals surface area contributed by atoms with Gasteiger partial charge in [0.15, 0.2) is 6.61 Å². The molecule has 0 unspecified atom stereocenters. The van der Waals surface area contributed by atoms with Crippen LogP contribution < -0.4 is 10.1 Å². The largest absolute Gasteiger partial charge is 0.484 e. The quantitative estimate of drug-likeness (QED) is 0.892. The lowest BCUT2D eigenvalue weighted by Crippen LogP contribution is -2.34. The number of amides is 1. The highest BCUT2D eigenvalue weighted by atomic mass is 16.5. The van der Waals surface area contributed by atoms with E-state index in [0.29, 0.717) is 18.2 Å². The Morgan fingerprint density at radius 2 is 1.78 bits per heavy atom. The van der Waals surface area contributed by atoms with E-state index in [2.05, 4.69) is 17.4 Å². The molecule has 2 atom stereocenters. The van der Waals surface area contributed by atoms with Gasteiger partial charge in [0.1, 0.15) is 5.75 Å². The summed E-state index contributed by atoms with van der Waals surface area (Å²) in [6.07, 6.45) is 1.02. The number of ether oxygens (including phenoxy) is 2. The average Bonchev–Trinajstić information content (AvgIpc) is 3.08. The van der Waals surface area contributed by atoms with Gasteiger partial charge in [-0.1, -0.05) is 48.5 Å². The van der Waals surface area contributed by atoms with Gasteiger partial charge in [0, 0.05) is 19.1 Å². The minimum atomic E-state index is -0.104. The van der Waals surface area contributed by atoms with Gasteiger partial charge in [0.2, 0.25) is 0 Å². The molecule has 120 valence electrons. The SMILES string of the molecule is O=C(COc1ccccc1)NC[C@H]1CCO[C@@H]1c1ccccc1. The first-order valence-corrected chi connectivity index (χ1v) is 7.94. The molecule has 0 spiro atoms. The van der Waals surface area contributed by atoms with Crippen LogP contribution in [0.15, 0.2) is 60.7 Å². The zero-order chi connectivity index (χ0) is 15.9. The van der Waals surface area contributed by atoms with Crippen molar-refractivity contribution in [3.05, 3.63) is 66.2 Å². The molecule has 1 amide bonds. The van der Waals surface area contributed by atoms with Gasteiger partial charge in [0.05, 0.1) is 6.10 Å². The number of carbonyl (C=O) groups is 1. The first kappa shape index (κ1) is 15.6. The fourth-order valence-corrected chi connectivity index (χ4v) is 2.82. The highest BCUT2D eigenvalue weighted by Crippen LogP contribution is 2.33. The summed E-state index contributed by atoms with van der Waals surface area (Å²) in [5, 5.41) is 2.95. The predicted molar refractivity (Wildman–Crippen MR) is 88.2 cm³/mol. The third kappa shape index (κ3) is 4.33. The molecule has 1 N–H and O–H groups in total. The second-order valence-electron chi connectivity index (χ2n) is 5.66. The molecule has 0 aromatic heterocycles. The van der Waals surface area contributed by atoms with E-state index in [1.807, 2.05) is 48.5 Å². The van der Waals surface area contributed by atoms with Crippen LogP contribution in [0, 0.1) is 5.92 Å². The van der Waals surface area contributed by atoms with Crippen LogP contribution in [-0.4, -0.2) is 25.7 Å². The van der Waals surface area contributed by atoms with Crippen molar-refractivity contribution in [1.82, 2.24) is 5.32 Å². The van der Waals surface area contributed by atoms with E-state index >= 15 is 0 Å². The zero-order valence-corrected chi connectivity index (χ0v) is 13.0. The normalized spacial score (nSPS) is 20.2. The van der Waals surface area contributed by atoms with Crippen molar-refractivity contribution in [2.45, 2.75) is 12.5 Å². The summed E-state index contributed by atoms with van der Waals surface area (Å²) in [7, 11) is 0. The van der Waals surface area contributed by atoms with Gasteiger partial charge in [-0.2, -0.15) is 0 Å². The first-order chi connectivity index (χ1) is 11.3. The molecular weight excluding hydrogens is 290 g/mol. The third-order valence-corrected chi connectivity index (χ3v) is 4.02. The van der Waals surface area contributed by atoms with Gasteiger partial charge in [-0.15, -0.1) is 0 Å². The van der Waals surface area contributed by atoms with Crippen LogP contribution in [0.4, 0.5) is 0 Å². The lowest BCUT2D eigenvalue weighted by molar-refractivity contribution is -0.123. The van der Waals surface area contributed by atoms with E-state index in [9.17, 15) is 4.79 Å². The predicted octanol–water partition coefficient (Wildman–Crippen LogP) is 2.96. The van der Waals surface area contributed by atoms with Gasteiger partial charge in [0.25, 0.3) is 5.91 Å². The van der Waals surface area contributed by atoms with Crippen molar-refractivity contribution < 1.29 is 14.3 Å². The minimum absolute atomic E-state index is 0.0353. The number of benzene rings is 2. The van der Waals surface area contributed by atoms with Crippen LogP contribution in [0.5, 0.6) is 5.75 Å². The first-order valence-electron chi connectivity index (χ1n) is 7.94. The van der Waals surface area contributed by atoms with Crippen molar-refractivity contribution in [3.8, 4) is 5.75 Å². The Hall–Kier alpha value is -2.33. The smallest absolute Gasteiger partial charge is 0.257 e. The maximum Gasteiger partial charge on any atom is 0.257 e. The zero-order valence-electron chi connectivity index (χ0n) is 13.0. The molecule has 2 aromatic rings. The Labute approximate surface area is 136 Å². The molecule has 4 heteroatoms. The second kappa shape index (κ2) is 7.79. The third-order valence-electron chi connectivity index (χ3n) is 4.02. The molecule has 3 rings (SSSR count). The van der Waals surface area contributed by atoms with Crippen LogP contribution in [0.1, 0.15) is 18.1 Å². The molecule has 1 aliphatic rings. The number of rotatable bonds is 6. The molecular formula is C19H21NO3. The van der Waals surface area contributed by atoms with Crippen LogP contribution in [0.2, 0.25) is 0 Å².